The number of benzene rings is 1. The Morgan fingerprint density at radius 3 is 2.56 bits per heavy atom. The smallest absolute Gasteiger partial charge is 0.292 e. The topological polar surface area (TPSA) is 79.4 Å². The number of nitro benzene ring substituents is 1. The van der Waals surface area contributed by atoms with E-state index in [9.17, 15) is 15.4 Å². The summed E-state index contributed by atoms with van der Waals surface area (Å²) in [5, 5.41) is 21.1. The quantitative estimate of drug-likeness (QED) is 0.574. The molecule has 6 nitrogen and oxygen atoms in total. The summed E-state index contributed by atoms with van der Waals surface area (Å²) in [4.78, 5) is 13.6. The molecule has 0 saturated carbocycles. The van der Waals surface area contributed by atoms with Gasteiger partial charge in [0, 0.05) is 31.9 Å². The van der Waals surface area contributed by atoms with Gasteiger partial charge in [-0.25, -0.2) is 0 Å². The fraction of sp³-hybridized carbons (Fsp3) is 0.632. The Bertz CT molecular complexity index is 658. The molecule has 2 rings (SSSR count). The lowest BCUT2D eigenvalue weighted by Crippen LogP contribution is -2.42. The second kappa shape index (κ2) is 7.83. The molecule has 1 aliphatic rings. The number of ether oxygens (including phenoxy) is 1. The molecule has 0 N–H and O–H groups in total. The van der Waals surface area contributed by atoms with Gasteiger partial charge in [-0.15, -0.1) is 0 Å². The minimum Gasteiger partial charge on any atom is -0.381 e. The number of anilines is 1. The average Bonchev–Trinajstić information content (AvgIpc) is 2.59. The third-order valence-electron chi connectivity index (χ3n) is 4.68. The van der Waals surface area contributed by atoms with E-state index in [0.29, 0.717) is 30.4 Å². The Hall–Kier alpha value is -2.13. The van der Waals surface area contributed by atoms with Crippen molar-refractivity contribution in [3.8, 4) is 6.07 Å². The van der Waals surface area contributed by atoms with Crippen molar-refractivity contribution in [2.45, 2.75) is 52.0 Å². The van der Waals surface area contributed by atoms with Crippen LogP contribution in [0.25, 0.3) is 0 Å². The SMILES string of the molecule is CC(C)CN(c1ccc(C(C)(C)C#N)cc1[N+](=O)[O-])C1CCOCC1. The molecule has 0 spiro atoms. The molecule has 0 atom stereocenters. The van der Waals surface area contributed by atoms with Gasteiger partial charge in [0.05, 0.1) is 16.4 Å². The second-order valence-corrected chi connectivity index (χ2v) is 7.59. The van der Waals surface area contributed by atoms with Crippen LogP contribution in [0.15, 0.2) is 18.2 Å². The zero-order valence-corrected chi connectivity index (χ0v) is 15.5. The molecule has 0 amide bonds. The molecule has 0 radical (unpaired) electrons. The van der Waals surface area contributed by atoms with Crippen LogP contribution in [-0.4, -0.2) is 30.7 Å². The Morgan fingerprint density at radius 2 is 2.04 bits per heavy atom. The summed E-state index contributed by atoms with van der Waals surface area (Å²) in [5.41, 5.74) is 0.628. The molecular weight excluding hydrogens is 318 g/mol. The molecule has 0 unspecified atom stereocenters. The third-order valence-corrected chi connectivity index (χ3v) is 4.68. The summed E-state index contributed by atoms with van der Waals surface area (Å²) in [6, 6.07) is 7.67. The van der Waals surface area contributed by atoms with E-state index in [-0.39, 0.29) is 16.7 Å². The standard InChI is InChI=1S/C19H27N3O3/c1-14(2)12-21(16-7-9-25-10-8-16)17-6-5-15(19(3,4)13-20)11-18(17)22(23)24/h5-6,11,14,16H,7-10,12H2,1-4H3. The molecule has 0 aliphatic carbocycles. The van der Waals surface area contributed by atoms with Gasteiger partial charge in [0.15, 0.2) is 0 Å². The van der Waals surface area contributed by atoms with Crippen LogP contribution in [0.5, 0.6) is 0 Å². The normalized spacial score (nSPS) is 15.8. The lowest BCUT2D eigenvalue weighted by molar-refractivity contribution is -0.384. The predicted octanol–water partition coefficient (Wildman–Crippen LogP) is 4.04. The summed E-state index contributed by atoms with van der Waals surface area (Å²) in [6.45, 7) is 9.91. The third kappa shape index (κ3) is 4.49. The molecule has 0 aromatic heterocycles. The lowest BCUT2D eigenvalue weighted by Gasteiger charge is -2.37. The highest BCUT2D eigenvalue weighted by atomic mass is 16.6. The zero-order valence-electron chi connectivity index (χ0n) is 15.5. The number of nitro groups is 1. The van der Waals surface area contributed by atoms with Gasteiger partial charge >= 0.3 is 0 Å². The van der Waals surface area contributed by atoms with Gasteiger partial charge in [0.2, 0.25) is 0 Å². The van der Waals surface area contributed by atoms with Crippen LogP contribution in [0.4, 0.5) is 11.4 Å². The summed E-state index contributed by atoms with van der Waals surface area (Å²) in [7, 11) is 0. The van der Waals surface area contributed by atoms with Crippen molar-refractivity contribution < 1.29 is 9.66 Å². The maximum Gasteiger partial charge on any atom is 0.292 e. The molecule has 0 bridgehead atoms. The number of hydrogen-bond acceptors (Lipinski definition) is 5. The monoisotopic (exact) mass is 345 g/mol. The van der Waals surface area contributed by atoms with Crippen LogP contribution < -0.4 is 4.90 Å². The fourth-order valence-electron chi connectivity index (χ4n) is 3.20. The Labute approximate surface area is 149 Å². The first-order valence-corrected chi connectivity index (χ1v) is 8.81. The van der Waals surface area contributed by atoms with E-state index in [4.69, 9.17) is 4.74 Å². The summed E-state index contributed by atoms with van der Waals surface area (Å²) in [5.74, 6) is 0.387. The molecule has 1 heterocycles. The van der Waals surface area contributed by atoms with Crippen LogP contribution in [-0.2, 0) is 10.2 Å². The maximum atomic E-state index is 11.7. The number of hydrogen-bond donors (Lipinski definition) is 0. The largest absolute Gasteiger partial charge is 0.381 e. The highest BCUT2D eigenvalue weighted by Crippen LogP contribution is 2.36. The second-order valence-electron chi connectivity index (χ2n) is 7.59. The summed E-state index contributed by atoms with van der Waals surface area (Å²) in [6.07, 6.45) is 1.74. The van der Waals surface area contributed by atoms with Crippen molar-refractivity contribution in [1.29, 1.82) is 5.26 Å². The molecule has 1 aliphatic heterocycles. The van der Waals surface area contributed by atoms with Gasteiger partial charge in [-0.05, 0) is 44.2 Å². The van der Waals surface area contributed by atoms with Crippen molar-refractivity contribution in [2.75, 3.05) is 24.7 Å². The van der Waals surface area contributed by atoms with E-state index in [1.54, 1.807) is 19.9 Å². The molecular formula is C19H27N3O3. The summed E-state index contributed by atoms with van der Waals surface area (Å²) >= 11 is 0. The van der Waals surface area contributed by atoms with Crippen LogP contribution in [0, 0.1) is 27.4 Å². The molecule has 1 aromatic carbocycles. The van der Waals surface area contributed by atoms with Crippen LogP contribution in [0.3, 0.4) is 0 Å². The number of nitrogens with zero attached hydrogens (tertiary/aromatic N) is 3. The Morgan fingerprint density at radius 1 is 1.40 bits per heavy atom. The highest BCUT2D eigenvalue weighted by Gasteiger charge is 2.30. The molecule has 136 valence electrons. The van der Waals surface area contributed by atoms with Gasteiger partial charge in [0.25, 0.3) is 5.69 Å². The van der Waals surface area contributed by atoms with Gasteiger partial charge in [-0.2, -0.15) is 5.26 Å². The number of rotatable bonds is 6. The molecule has 6 heteroatoms. The van der Waals surface area contributed by atoms with E-state index in [1.807, 2.05) is 12.1 Å². The van der Waals surface area contributed by atoms with Gasteiger partial charge in [0.1, 0.15) is 5.69 Å². The van der Waals surface area contributed by atoms with Gasteiger partial charge in [-0.1, -0.05) is 19.9 Å². The van der Waals surface area contributed by atoms with E-state index < -0.39 is 5.41 Å². The van der Waals surface area contributed by atoms with Crippen molar-refractivity contribution in [2.24, 2.45) is 5.92 Å². The van der Waals surface area contributed by atoms with Crippen molar-refractivity contribution in [3.63, 3.8) is 0 Å². The molecule has 25 heavy (non-hydrogen) atoms. The van der Waals surface area contributed by atoms with Gasteiger partial charge < -0.3 is 9.64 Å². The van der Waals surface area contributed by atoms with Crippen LogP contribution in [0.2, 0.25) is 0 Å². The molecule has 1 aromatic rings. The highest BCUT2D eigenvalue weighted by molar-refractivity contribution is 5.66. The first-order chi connectivity index (χ1) is 11.8. The maximum absolute atomic E-state index is 11.7. The Kier molecular flexibility index (Phi) is 6.02. The average molecular weight is 345 g/mol. The molecule has 1 fully saturated rings. The fourth-order valence-corrected chi connectivity index (χ4v) is 3.20. The predicted molar refractivity (Wildman–Crippen MR) is 97.8 cm³/mol. The van der Waals surface area contributed by atoms with E-state index in [0.717, 1.165) is 19.4 Å². The van der Waals surface area contributed by atoms with E-state index >= 15 is 0 Å². The summed E-state index contributed by atoms with van der Waals surface area (Å²) < 4.78 is 5.45. The zero-order chi connectivity index (χ0) is 18.6. The van der Waals surface area contributed by atoms with Gasteiger partial charge in [-0.3, -0.25) is 10.1 Å². The minimum absolute atomic E-state index is 0.0768. The first-order valence-electron chi connectivity index (χ1n) is 8.81. The van der Waals surface area contributed by atoms with Crippen LogP contribution in [0.1, 0.15) is 46.1 Å². The first kappa shape index (κ1) is 19.2. The van der Waals surface area contributed by atoms with E-state index in [2.05, 4.69) is 24.8 Å². The van der Waals surface area contributed by atoms with Crippen LogP contribution >= 0.6 is 0 Å². The number of nitriles is 1. The minimum atomic E-state index is -0.759. The van der Waals surface area contributed by atoms with Crippen molar-refractivity contribution in [1.82, 2.24) is 0 Å². The Balaban J connectivity index is 2.48. The lowest BCUT2D eigenvalue weighted by atomic mass is 9.86. The van der Waals surface area contributed by atoms with E-state index in [1.165, 1.54) is 0 Å². The molecule has 1 saturated heterocycles. The van der Waals surface area contributed by atoms with Crippen molar-refractivity contribution >= 4 is 11.4 Å². The van der Waals surface area contributed by atoms with Crippen molar-refractivity contribution in [3.05, 3.63) is 33.9 Å².